The lowest BCUT2D eigenvalue weighted by molar-refractivity contribution is 0.136. The Hall–Kier alpha value is -2.60. The molecule has 138 valence electrons. The minimum atomic E-state index is -0.119. The standard InChI is InChI=1S/C20H25N3O3/c24-15-16-4-3-12-23(14-16)20(25)22-18-6-8-19(9-7-18)26-13-10-17-5-1-2-11-21-17/h1-2,5-9,11,16,24H,3-4,10,12-15H2,(H,22,25)/t16-/m0/s1. The van der Waals surface area contributed by atoms with Gasteiger partial charge in [-0.25, -0.2) is 4.79 Å². The van der Waals surface area contributed by atoms with Gasteiger partial charge in [0, 0.05) is 43.7 Å². The summed E-state index contributed by atoms with van der Waals surface area (Å²) in [6.45, 7) is 2.03. The van der Waals surface area contributed by atoms with E-state index in [1.165, 1.54) is 0 Å². The fourth-order valence-electron chi connectivity index (χ4n) is 3.06. The quantitative estimate of drug-likeness (QED) is 0.835. The molecule has 0 radical (unpaired) electrons. The van der Waals surface area contributed by atoms with E-state index in [2.05, 4.69) is 10.3 Å². The maximum absolute atomic E-state index is 12.3. The molecular weight excluding hydrogens is 330 g/mol. The largest absolute Gasteiger partial charge is 0.493 e. The first kappa shape index (κ1) is 18.2. The number of carbonyl (C=O) groups is 1. The molecule has 2 aromatic rings. The van der Waals surface area contributed by atoms with Crippen LogP contribution < -0.4 is 10.1 Å². The fraction of sp³-hybridized carbons (Fsp3) is 0.400. The summed E-state index contributed by atoms with van der Waals surface area (Å²) in [5.41, 5.74) is 1.73. The van der Waals surface area contributed by atoms with Crippen LogP contribution in [0.4, 0.5) is 10.5 Å². The predicted octanol–water partition coefficient (Wildman–Crippen LogP) is 2.94. The normalized spacial score (nSPS) is 17.0. The number of carbonyl (C=O) groups excluding carboxylic acids is 1. The zero-order valence-corrected chi connectivity index (χ0v) is 14.8. The summed E-state index contributed by atoms with van der Waals surface area (Å²) in [5.74, 6) is 0.946. The van der Waals surface area contributed by atoms with Crippen LogP contribution in [-0.2, 0) is 6.42 Å². The van der Waals surface area contributed by atoms with Gasteiger partial charge in [0.2, 0.25) is 0 Å². The second-order valence-corrected chi connectivity index (χ2v) is 6.51. The Bertz CT molecular complexity index is 691. The van der Waals surface area contributed by atoms with Gasteiger partial charge in [-0.3, -0.25) is 4.98 Å². The van der Waals surface area contributed by atoms with Crippen LogP contribution in [0.5, 0.6) is 5.75 Å². The summed E-state index contributed by atoms with van der Waals surface area (Å²) in [6.07, 6.45) is 4.44. The summed E-state index contributed by atoms with van der Waals surface area (Å²) < 4.78 is 5.72. The molecule has 1 aromatic heterocycles. The molecule has 0 saturated carbocycles. The van der Waals surface area contributed by atoms with Gasteiger partial charge >= 0.3 is 6.03 Å². The van der Waals surface area contributed by atoms with Crippen LogP contribution in [0.15, 0.2) is 48.7 Å². The summed E-state index contributed by atoms with van der Waals surface area (Å²) in [4.78, 5) is 18.4. The van der Waals surface area contributed by atoms with Crippen LogP contribution in [0.3, 0.4) is 0 Å². The molecular formula is C20H25N3O3. The second-order valence-electron chi connectivity index (χ2n) is 6.51. The Morgan fingerprint density at radius 1 is 1.27 bits per heavy atom. The third-order valence-corrected chi connectivity index (χ3v) is 4.52. The first-order chi connectivity index (χ1) is 12.7. The molecule has 6 heteroatoms. The molecule has 1 aromatic carbocycles. The topological polar surface area (TPSA) is 74.7 Å². The Balaban J connectivity index is 1.45. The molecule has 1 aliphatic rings. The number of ether oxygens (including phenoxy) is 1. The van der Waals surface area contributed by atoms with Crippen molar-refractivity contribution in [2.24, 2.45) is 5.92 Å². The van der Waals surface area contributed by atoms with Crippen molar-refractivity contribution in [3.05, 3.63) is 54.4 Å². The van der Waals surface area contributed by atoms with Crippen molar-refractivity contribution in [1.29, 1.82) is 0 Å². The fourth-order valence-corrected chi connectivity index (χ4v) is 3.06. The third-order valence-electron chi connectivity index (χ3n) is 4.52. The molecule has 2 N–H and O–H groups in total. The molecule has 0 aliphatic carbocycles. The van der Waals surface area contributed by atoms with Crippen LogP contribution in [-0.4, -0.2) is 47.3 Å². The first-order valence-corrected chi connectivity index (χ1v) is 9.04. The summed E-state index contributed by atoms with van der Waals surface area (Å²) >= 11 is 0. The van der Waals surface area contributed by atoms with Crippen LogP contribution >= 0.6 is 0 Å². The number of piperidine rings is 1. The molecule has 1 atom stereocenters. The SMILES string of the molecule is O=C(Nc1ccc(OCCc2ccccn2)cc1)N1CCC[C@H](CO)C1. The van der Waals surface area contributed by atoms with E-state index in [4.69, 9.17) is 4.74 Å². The number of nitrogens with zero attached hydrogens (tertiary/aromatic N) is 2. The number of aliphatic hydroxyl groups excluding tert-OH is 1. The Morgan fingerprint density at radius 2 is 2.12 bits per heavy atom. The van der Waals surface area contributed by atoms with Crippen LogP contribution in [0, 0.1) is 5.92 Å². The molecule has 0 unspecified atom stereocenters. The number of aromatic nitrogens is 1. The molecule has 1 aliphatic heterocycles. The lowest BCUT2D eigenvalue weighted by atomic mass is 9.99. The van der Waals surface area contributed by atoms with Gasteiger partial charge in [-0.15, -0.1) is 0 Å². The average molecular weight is 355 g/mol. The molecule has 0 spiro atoms. The van der Waals surface area contributed by atoms with Crippen molar-refractivity contribution in [2.75, 3.05) is 31.6 Å². The number of aliphatic hydroxyl groups is 1. The van der Waals surface area contributed by atoms with Gasteiger partial charge in [-0.2, -0.15) is 0 Å². The molecule has 1 fully saturated rings. The van der Waals surface area contributed by atoms with Crippen molar-refractivity contribution in [3.8, 4) is 5.75 Å². The van der Waals surface area contributed by atoms with Gasteiger partial charge in [0.25, 0.3) is 0 Å². The van der Waals surface area contributed by atoms with Crippen molar-refractivity contribution in [2.45, 2.75) is 19.3 Å². The summed E-state index contributed by atoms with van der Waals surface area (Å²) in [6, 6.07) is 13.1. The van der Waals surface area contributed by atoms with E-state index in [9.17, 15) is 9.90 Å². The number of urea groups is 1. The number of rotatable bonds is 6. The number of nitrogens with one attached hydrogen (secondary N) is 1. The zero-order chi connectivity index (χ0) is 18.2. The molecule has 3 rings (SSSR count). The number of amides is 2. The highest BCUT2D eigenvalue weighted by atomic mass is 16.5. The van der Waals surface area contributed by atoms with E-state index in [-0.39, 0.29) is 18.6 Å². The number of likely N-dealkylation sites (tertiary alicyclic amines) is 1. The molecule has 0 bridgehead atoms. The molecule has 2 amide bonds. The van der Waals surface area contributed by atoms with Crippen LogP contribution in [0.1, 0.15) is 18.5 Å². The molecule has 2 heterocycles. The van der Waals surface area contributed by atoms with Crippen molar-refractivity contribution in [3.63, 3.8) is 0 Å². The monoisotopic (exact) mass is 355 g/mol. The predicted molar refractivity (Wildman–Crippen MR) is 100 cm³/mol. The highest BCUT2D eigenvalue weighted by Gasteiger charge is 2.23. The highest BCUT2D eigenvalue weighted by Crippen LogP contribution is 2.19. The number of hydrogen-bond acceptors (Lipinski definition) is 4. The van der Waals surface area contributed by atoms with Gasteiger partial charge in [0.15, 0.2) is 0 Å². The Labute approximate surface area is 153 Å². The van der Waals surface area contributed by atoms with Crippen LogP contribution in [0.2, 0.25) is 0 Å². The lowest BCUT2D eigenvalue weighted by Crippen LogP contribution is -2.43. The Kier molecular flexibility index (Phi) is 6.44. The van der Waals surface area contributed by atoms with Gasteiger partial charge in [-0.05, 0) is 55.2 Å². The minimum Gasteiger partial charge on any atom is -0.493 e. The van der Waals surface area contributed by atoms with Crippen LogP contribution in [0.25, 0.3) is 0 Å². The number of anilines is 1. The van der Waals surface area contributed by atoms with Gasteiger partial charge in [0.05, 0.1) is 6.61 Å². The van der Waals surface area contributed by atoms with E-state index in [0.29, 0.717) is 13.2 Å². The minimum absolute atomic E-state index is 0.119. The zero-order valence-electron chi connectivity index (χ0n) is 14.8. The number of hydrogen-bond donors (Lipinski definition) is 2. The van der Waals surface area contributed by atoms with E-state index in [0.717, 1.165) is 42.9 Å². The lowest BCUT2D eigenvalue weighted by Gasteiger charge is -2.31. The maximum atomic E-state index is 12.3. The molecule has 26 heavy (non-hydrogen) atoms. The van der Waals surface area contributed by atoms with E-state index >= 15 is 0 Å². The van der Waals surface area contributed by atoms with Crippen molar-refractivity contribution in [1.82, 2.24) is 9.88 Å². The van der Waals surface area contributed by atoms with Crippen molar-refractivity contribution < 1.29 is 14.6 Å². The third kappa shape index (κ3) is 5.20. The van der Waals surface area contributed by atoms with E-state index < -0.39 is 0 Å². The van der Waals surface area contributed by atoms with E-state index in [1.54, 1.807) is 11.1 Å². The van der Waals surface area contributed by atoms with E-state index in [1.807, 2.05) is 42.5 Å². The maximum Gasteiger partial charge on any atom is 0.321 e. The average Bonchev–Trinajstić information content (AvgIpc) is 2.70. The Morgan fingerprint density at radius 3 is 2.85 bits per heavy atom. The van der Waals surface area contributed by atoms with Gasteiger partial charge in [-0.1, -0.05) is 6.07 Å². The number of benzene rings is 1. The molecule has 1 saturated heterocycles. The smallest absolute Gasteiger partial charge is 0.321 e. The molecule has 6 nitrogen and oxygen atoms in total. The van der Waals surface area contributed by atoms with Crippen molar-refractivity contribution >= 4 is 11.7 Å². The summed E-state index contributed by atoms with van der Waals surface area (Å²) in [5, 5.41) is 12.2. The number of pyridine rings is 1. The highest BCUT2D eigenvalue weighted by molar-refractivity contribution is 5.89. The first-order valence-electron chi connectivity index (χ1n) is 9.04. The van der Waals surface area contributed by atoms with Gasteiger partial charge < -0.3 is 20.1 Å². The van der Waals surface area contributed by atoms with Gasteiger partial charge in [0.1, 0.15) is 5.75 Å². The summed E-state index contributed by atoms with van der Waals surface area (Å²) in [7, 11) is 0. The second kappa shape index (κ2) is 9.20.